The number of nitrogens with one attached hydrogen (secondary N) is 2. The number of hydrogen-bond acceptors (Lipinski definition) is 2. The van der Waals surface area contributed by atoms with E-state index in [-0.39, 0.29) is 11.8 Å². The fraction of sp³-hybridized carbons (Fsp3) is 0.909. The molecule has 4 heteroatoms. The Kier molecular flexibility index (Phi) is 5.29. The summed E-state index contributed by atoms with van der Waals surface area (Å²) in [5.74, 6) is 4.61. The first-order chi connectivity index (χ1) is 12.5. The van der Waals surface area contributed by atoms with Gasteiger partial charge in [0.05, 0.1) is 0 Å². The minimum atomic E-state index is 0.0520. The van der Waals surface area contributed by atoms with Crippen molar-refractivity contribution in [2.45, 2.75) is 90.1 Å². The van der Waals surface area contributed by atoms with E-state index in [9.17, 15) is 9.59 Å². The van der Waals surface area contributed by atoms with Crippen molar-refractivity contribution in [3.05, 3.63) is 0 Å². The summed E-state index contributed by atoms with van der Waals surface area (Å²) in [6.45, 7) is 4.52. The molecule has 3 atom stereocenters. The summed E-state index contributed by atoms with van der Waals surface area (Å²) in [5, 5.41) is 6.51. The van der Waals surface area contributed by atoms with Gasteiger partial charge in [0.15, 0.2) is 0 Å². The molecule has 0 radical (unpaired) electrons. The fourth-order valence-corrected chi connectivity index (χ4v) is 6.71. The molecular weight excluding hydrogens is 324 g/mol. The van der Waals surface area contributed by atoms with Gasteiger partial charge in [0.1, 0.15) is 0 Å². The second kappa shape index (κ2) is 7.52. The summed E-state index contributed by atoms with van der Waals surface area (Å²) in [7, 11) is 0. The Morgan fingerprint density at radius 1 is 0.808 bits per heavy atom. The maximum Gasteiger partial charge on any atom is 0.220 e. The Morgan fingerprint density at radius 2 is 1.38 bits per heavy atom. The van der Waals surface area contributed by atoms with Crippen LogP contribution in [0.3, 0.4) is 0 Å². The molecule has 0 saturated heterocycles. The van der Waals surface area contributed by atoms with Crippen LogP contribution in [0.5, 0.6) is 0 Å². The molecule has 146 valence electrons. The molecule has 0 heterocycles. The molecule has 5 rings (SSSR count). The summed E-state index contributed by atoms with van der Waals surface area (Å²) in [6.07, 6.45) is 10.9. The average Bonchev–Trinajstić information content (AvgIpc) is 2.60. The van der Waals surface area contributed by atoms with Crippen LogP contribution in [0.2, 0.25) is 0 Å². The van der Waals surface area contributed by atoms with E-state index in [4.69, 9.17) is 0 Å². The molecule has 0 aromatic rings. The van der Waals surface area contributed by atoms with Crippen molar-refractivity contribution in [2.75, 3.05) is 0 Å². The van der Waals surface area contributed by atoms with Gasteiger partial charge in [-0.2, -0.15) is 0 Å². The number of hydrogen-bond donors (Lipinski definition) is 2. The van der Waals surface area contributed by atoms with Gasteiger partial charge in [0.25, 0.3) is 0 Å². The quantitative estimate of drug-likeness (QED) is 0.786. The van der Waals surface area contributed by atoms with Crippen molar-refractivity contribution in [1.29, 1.82) is 0 Å². The highest BCUT2D eigenvalue weighted by atomic mass is 16.2. The van der Waals surface area contributed by atoms with Gasteiger partial charge in [-0.1, -0.05) is 26.7 Å². The van der Waals surface area contributed by atoms with E-state index in [1.165, 1.54) is 44.9 Å². The van der Waals surface area contributed by atoms with E-state index in [2.05, 4.69) is 24.5 Å². The maximum absolute atomic E-state index is 12.5. The number of carbonyl (C=O) groups excluding carboxylic acids is 2. The predicted molar refractivity (Wildman–Crippen MR) is 102 cm³/mol. The van der Waals surface area contributed by atoms with E-state index in [1.54, 1.807) is 0 Å². The summed E-state index contributed by atoms with van der Waals surface area (Å²) < 4.78 is 0. The first-order valence-electron chi connectivity index (χ1n) is 11.1. The van der Waals surface area contributed by atoms with Crippen molar-refractivity contribution < 1.29 is 9.59 Å². The first-order valence-corrected chi connectivity index (χ1v) is 11.1. The molecule has 0 aliphatic heterocycles. The first kappa shape index (κ1) is 18.3. The van der Waals surface area contributed by atoms with Crippen LogP contribution in [0.1, 0.15) is 78.1 Å². The lowest BCUT2D eigenvalue weighted by atomic mass is 9.54. The van der Waals surface area contributed by atoms with Crippen molar-refractivity contribution >= 4 is 11.8 Å². The molecule has 0 unspecified atom stereocenters. The largest absolute Gasteiger partial charge is 0.353 e. The second-order valence-electron chi connectivity index (χ2n) is 9.97. The zero-order valence-corrected chi connectivity index (χ0v) is 16.5. The molecule has 5 saturated carbocycles. The van der Waals surface area contributed by atoms with Crippen molar-refractivity contribution in [1.82, 2.24) is 10.6 Å². The molecule has 4 bridgehead atoms. The zero-order chi connectivity index (χ0) is 18.3. The van der Waals surface area contributed by atoms with Crippen molar-refractivity contribution in [3.63, 3.8) is 0 Å². The Morgan fingerprint density at radius 3 is 2.00 bits per heavy atom. The number of amides is 2. The van der Waals surface area contributed by atoms with Crippen LogP contribution in [-0.2, 0) is 9.59 Å². The zero-order valence-electron chi connectivity index (χ0n) is 16.5. The van der Waals surface area contributed by atoms with Crippen LogP contribution < -0.4 is 10.6 Å². The molecule has 0 aromatic heterocycles. The molecule has 5 fully saturated rings. The van der Waals surface area contributed by atoms with Crippen LogP contribution in [-0.4, -0.2) is 23.9 Å². The number of rotatable bonds is 5. The Balaban J connectivity index is 1.21. The van der Waals surface area contributed by atoms with Gasteiger partial charge >= 0.3 is 0 Å². The highest BCUT2D eigenvalue weighted by Gasteiger charge is 2.48. The SMILES string of the molecule is C[C@H]1[C@H](C)CCC[C@H]1NC(=O)CCC(=O)NC1C2CC3CC(C2)CC1C3. The average molecular weight is 361 g/mol. The monoisotopic (exact) mass is 360 g/mol. The van der Waals surface area contributed by atoms with E-state index in [0.29, 0.717) is 48.6 Å². The van der Waals surface area contributed by atoms with Gasteiger partial charge in [0, 0.05) is 24.9 Å². The minimum absolute atomic E-state index is 0.0520. The Bertz CT molecular complexity index is 518. The standard InChI is InChI=1S/C22H36N2O2/c1-13-4-3-5-19(14(13)2)23-20(25)6-7-21(26)24-22-17-9-15-8-16(11-17)12-18(22)10-15/h13-19,22H,3-12H2,1-2H3,(H,23,25)(H,24,26)/t13-,14+,15?,16?,17?,18?,19-,22?/m1/s1. The van der Waals surface area contributed by atoms with Crippen LogP contribution in [0, 0.1) is 35.5 Å². The molecule has 0 spiro atoms. The summed E-state index contributed by atoms with van der Waals surface area (Å²) in [4.78, 5) is 24.8. The third kappa shape index (κ3) is 3.80. The summed E-state index contributed by atoms with van der Waals surface area (Å²) in [6, 6.07) is 0.677. The smallest absolute Gasteiger partial charge is 0.220 e. The van der Waals surface area contributed by atoms with E-state index in [0.717, 1.165) is 18.3 Å². The highest BCUT2D eigenvalue weighted by molar-refractivity contribution is 5.84. The Labute approximate surface area is 158 Å². The molecule has 0 aromatic carbocycles. The molecule has 5 aliphatic carbocycles. The van der Waals surface area contributed by atoms with Crippen LogP contribution in [0.25, 0.3) is 0 Å². The number of carbonyl (C=O) groups is 2. The van der Waals surface area contributed by atoms with E-state index in [1.807, 2.05) is 0 Å². The summed E-state index contributed by atoms with van der Waals surface area (Å²) >= 11 is 0. The van der Waals surface area contributed by atoms with Gasteiger partial charge in [-0.3, -0.25) is 9.59 Å². The van der Waals surface area contributed by atoms with E-state index >= 15 is 0 Å². The normalized spacial score (nSPS) is 43.9. The third-order valence-corrected chi connectivity index (χ3v) is 8.19. The van der Waals surface area contributed by atoms with Gasteiger partial charge in [-0.15, -0.1) is 0 Å². The molecule has 2 amide bonds. The topological polar surface area (TPSA) is 58.2 Å². The molecule has 2 N–H and O–H groups in total. The van der Waals surface area contributed by atoms with Gasteiger partial charge in [0.2, 0.25) is 11.8 Å². The molecule has 4 nitrogen and oxygen atoms in total. The fourth-order valence-electron chi connectivity index (χ4n) is 6.71. The predicted octanol–water partition coefficient (Wildman–Crippen LogP) is 3.65. The molecular formula is C22H36N2O2. The van der Waals surface area contributed by atoms with Gasteiger partial charge in [-0.05, 0) is 74.0 Å². The van der Waals surface area contributed by atoms with E-state index < -0.39 is 0 Å². The maximum atomic E-state index is 12.5. The van der Waals surface area contributed by atoms with Crippen molar-refractivity contribution in [3.8, 4) is 0 Å². The van der Waals surface area contributed by atoms with Gasteiger partial charge < -0.3 is 10.6 Å². The van der Waals surface area contributed by atoms with Gasteiger partial charge in [-0.25, -0.2) is 0 Å². The highest BCUT2D eigenvalue weighted by Crippen LogP contribution is 2.53. The van der Waals surface area contributed by atoms with Crippen LogP contribution in [0.4, 0.5) is 0 Å². The lowest BCUT2D eigenvalue weighted by molar-refractivity contribution is -0.129. The van der Waals surface area contributed by atoms with Crippen LogP contribution >= 0.6 is 0 Å². The molecule has 26 heavy (non-hydrogen) atoms. The lowest BCUT2D eigenvalue weighted by Crippen LogP contribution is -2.55. The lowest BCUT2D eigenvalue weighted by Gasteiger charge is -2.54. The molecule has 5 aliphatic rings. The van der Waals surface area contributed by atoms with Crippen LogP contribution in [0.15, 0.2) is 0 Å². The summed E-state index contributed by atoms with van der Waals surface area (Å²) in [5.41, 5.74) is 0. The second-order valence-corrected chi connectivity index (χ2v) is 9.97. The minimum Gasteiger partial charge on any atom is -0.353 e. The third-order valence-electron chi connectivity index (χ3n) is 8.19. The Hall–Kier alpha value is -1.06. The van der Waals surface area contributed by atoms with Crippen molar-refractivity contribution in [2.24, 2.45) is 35.5 Å².